The molecular formula is C14H17F6NO4. The van der Waals surface area contributed by atoms with Crippen molar-refractivity contribution in [2.45, 2.75) is 25.3 Å². The Morgan fingerprint density at radius 1 is 1.20 bits per heavy atom. The van der Waals surface area contributed by atoms with Crippen LogP contribution in [0.25, 0.3) is 0 Å². The van der Waals surface area contributed by atoms with Gasteiger partial charge in [0.1, 0.15) is 12.4 Å². The smallest absolute Gasteiger partial charge is 0.490 e. The highest BCUT2D eigenvalue weighted by Crippen LogP contribution is 2.37. The number of alkyl halides is 6. The summed E-state index contributed by atoms with van der Waals surface area (Å²) in [5.41, 5.74) is 5.18. The van der Waals surface area contributed by atoms with Crippen LogP contribution in [0.4, 0.5) is 26.3 Å². The Morgan fingerprint density at radius 2 is 1.72 bits per heavy atom. The second-order valence-electron chi connectivity index (χ2n) is 4.69. The van der Waals surface area contributed by atoms with E-state index >= 15 is 0 Å². The van der Waals surface area contributed by atoms with Crippen molar-refractivity contribution in [3.63, 3.8) is 0 Å². The molecule has 0 fully saturated rings. The van der Waals surface area contributed by atoms with Gasteiger partial charge in [0.2, 0.25) is 0 Å². The Hall–Kier alpha value is -2.01. The van der Waals surface area contributed by atoms with E-state index in [1.54, 1.807) is 6.92 Å². The maximum Gasteiger partial charge on any atom is 0.490 e. The minimum Gasteiger partial charge on any atom is -0.491 e. The van der Waals surface area contributed by atoms with Gasteiger partial charge in [-0.1, -0.05) is 6.07 Å². The number of ether oxygens (including phenoxy) is 2. The summed E-state index contributed by atoms with van der Waals surface area (Å²) in [5.74, 6) is -2.96. The van der Waals surface area contributed by atoms with Gasteiger partial charge in [0.25, 0.3) is 0 Å². The fraction of sp³-hybridized carbons (Fsp3) is 0.500. The highest BCUT2D eigenvalue weighted by molar-refractivity contribution is 5.73. The van der Waals surface area contributed by atoms with E-state index < -0.39 is 29.9 Å². The largest absolute Gasteiger partial charge is 0.491 e. The van der Waals surface area contributed by atoms with E-state index in [2.05, 4.69) is 0 Å². The lowest BCUT2D eigenvalue weighted by atomic mass is 10.0. The Morgan fingerprint density at radius 3 is 2.08 bits per heavy atom. The topological polar surface area (TPSA) is 81.8 Å². The molecule has 3 N–H and O–H groups in total. The number of aliphatic carboxylic acids is 1. The Bertz CT molecular complexity index is 557. The lowest BCUT2D eigenvalue weighted by Crippen LogP contribution is -2.21. The molecule has 0 saturated heterocycles. The van der Waals surface area contributed by atoms with Gasteiger partial charge in [0.15, 0.2) is 0 Å². The fourth-order valence-electron chi connectivity index (χ4n) is 1.41. The molecule has 144 valence electrons. The number of carboxylic acid groups (broad SMARTS) is 1. The van der Waals surface area contributed by atoms with E-state index in [1.807, 2.05) is 0 Å². The Labute approximate surface area is 139 Å². The molecule has 0 aliphatic heterocycles. The molecule has 25 heavy (non-hydrogen) atoms. The first kappa shape index (κ1) is 23.0. The van der Waals surface area contributed by atoms with E-state index in [0.717, 1.165) is 6.07 Å². The summed E-state index contributed by atoms with van der Waals surface area (Å²) in [6.07, 6.45) is -9.55. The van der Waals surface area contributed by atoms with Gasteiger partial charge >= 0.3 is 18.3 Å². The molecule has 1 aromatic carbocycles. The van der Waals surface area contributed by atoms with Gasteiger partial charge in [-0.2, -0.15) is 26.3 Å². The van der Waals surface area contributed by atoms with Crippen molar-refractivity contribution in [1.82, 2.24) is 0 Å². The molecule has 0 aliphatic rings. The molecule has 0 bridgehead atoms. The van der Waals surface area contributed by atoms with Crippen LogP contribution in [0.1, 0.15) is 24.1 Å². The molecule has 0 heterocycles. The summed E-state index contributed by atoms with van der Waals surface area (Å²) >= 11 is 0. The van der Waals surface area contributed by atoms with Gasteiger partial charge in [-0.25, -0.2) is 4.79 Å². The summed E-state index contributed by atoms with van der Waals surface area (Å²) in [7, 11) is 1.45. The number of carbonyl (C=O) groups is 1. The molecule has 0 amide bonds. The number of halogens is 6. The Kier molecular flexibility index (Phi) is 8.71. The third-order valence-corrected chi connectivity index (χ3v) is 2.62. The minimum absolute atomic E-state index is 0.0666. The van der Waals surface area contributed by atoms with Crippen molar-refractivity contribution >= 4 is 5.97 Å². The summed E-state index contributed by atoms with van der Waals surface area (Å²) < 4.78 is 80.1. The van der Waals surface area contributed by atoms with Crippen LogP contribution in [0.5, 0.6) is 5.75 Å². The second kappa shape index (κ2) is 9.47. The fourth-order valence-corrected chi connectivity index (χ4v) is 1.41. The zero-order chi connectivity index (χ0) is 19.8. The highest BCUT2D eigenvalue weighted by atomic mass is 19.4. The van der Waals surface area contributed by atoms with Crippen molar-refractivity contribution in [2.24, 2.45) is 5.73 Å². The lowest BCUT2D eigenvalue weighted by Gasteiger charge is -2.16. The predicted octanol–water partition coefficient (Wildman–Crippen LogP) is 3.38. The average Bonchev–Trinajstić information content (AvgIpc) is 2.46. The van der Waals surface area contributed by atoms with Crippen molar-refractivity contribution < 1.29 is 45.7 Å². The molecule has 0 aromatic heterocycles. The molecule has 0 aliphatic carbocycles. The lowest BCUT2D eigenvalue weighted by molar-refractivity contribution is -0.192. The van der Waals surface area contributed by atoms with Gasteiger partial charge in [-0.3, -0.25) is 0 Å². The van der Waals surface area contributed by atoms with Crippen LogP contribution < -0.4 is 10.5 Å². The van der Waals surface area contributed by atoms with Gasteiger partial charge < -0.3 is 20.3 Å². The minimum atomic E-state index is -5.08. The zero-order valence-corrected chi connectivity index (χ0v) is 13.2. The van der Waals surface area contributed by atoms with Crippen molar-refractivity contribution in [3.8, 4) is 5.75 Å². The van der Waals surface area contributed by atoms with E-state index in [4.69, 9.17) is 25.1 Å². The summed E-state index contributed by atoms with van der Waals surface area (Å²) in [5, 5.41) is 7.12. The molecule has 1 unspecified atom stereocenters. The van der Waals surface area contributed by atoms with Crippen LogP contribution >= 0.6 is 0 Å². The zero-order valence-electron chi connectivity index (χ0n) is 13.2. The van der Waals surface area contributed by atoms with Gasteiger partial charge in [0.05, 0.1) is 12.2 Å². The van der Waals surface area contributed by atoms with Crippen LogP contribution in [0.3, 0.4) is 0 Å². The van der Waals surface area contributed by atoms with Crippen LogP contribution in [-0.4, -0.2) is 37.6 Å². The molecular weight excluding hydrogens is 360 g/mol. The number of hydrogen-bond donors (Lipinski definition) is 2. The predicted molar refractivity (Wildman–Crippen MR) is 75.1 cm³/mol. The molecule has 5 nitrogen and oxygen atoms in total. The molecule has 1 atom stereocenters. The Balaban J connectivity index is 0.000000697. The summed E-state index contributed by atoms with van der Waals surface area (Å²) in [4.78, 5) is 8.90. The first-order valence-electron chi connectivity index (χ1n) is 6.69. The second-order valence-corrected chi connectivity index (χ2v) is 4.69. The first-order valence-corrected chi connectivity index (χ1v) is 6.69. The van der Waals surface area contributed by atoms with E-state index in [9.17, 15) is 26.3 Å². The maximum atomic E-state index is 12.8. The number of rotatable bonds is 5. The van der Waals surface area contributed by atoms with Crippen molar-refractivity contribution in [1.29, 1.82) is 0 Å². The maximum absolute atomic E-state index is 12.8. The van der Waals surface area contributed by atoms with E-state index in [-0.39, 0.29) is 19.0 Å². The van der Waals surface area contributed by atoms with E-state index in [1.165, 1.54) is 19.2 Å². The third-order valence-electron chi connectivity index (χ3n) is 2.62. The molecule has 0 radical (unpaired) electrons. The third kappa shape index (κ3) is 8.59. The number of benzene rings is 1. The number of nitrogens with two attached hydrogens (primary N) is 1. The van der Waals surface area contributed by atoms with Gasteiger partial charge in [-0.05, 0) is 24.6 Å². The monoisotopic (exact) mass is 377 g/mol. The highest BCUT2D eigenvalue weighted by Gasteiger charge is 2.38. The molecule has 0 spiro atoms. The SMILES string of the molecule is COCCOc1ccc(C(C)N)cc1C(F)(F)F.O=C(O)C(F)(F)F. The van der Waals surface area contributed by atoms with Crippen molar-refractivity contribution in [2.75, 3.05) is 20.3 Å². The molecule has 11 heteroatoms. The molecule has 1 aromatic rings. The average molecular weight is 377 g/mol. The van der Waals surface area contributed by atoms with Crippen molar-refractivity contribution in [3.05, 3.63) is 29.3 Å². The number of methoxy groups -OCH3 is 1. The standard InChI is InChI=1S/C12H16F3NO2.C2HF3O2/c1-8(16)9-3-4-11(18-6-5-17-2)10(7-9)12(13,14)15;3-2(4,5)1(6)7/h3-4,7-8H,5-6,16H2,1-2H3;(H,6,7). The molecule has 1 rings (SSSR count). The van der Waals surface area contributed by atoms with Gasteiger partial charge in [-0.15, -0.1) is 0 Å². The van der Waals surface area contributed by atoms with Crippen LogP contribution in [-0.2, 0) is 15.7 Å². The quantitative estimate of drug-likeness (QED) is 0.607. The first-order chi connectivity index (χ1) is 11.3. The van der Waals surface area contributed by atoms with Crippen LogP contribution in [0.2, 0.25) is 0 Å². The normalized spacial score (nSPS) is 12.8. The number of hydrogen-bond acceptors (Lipinski definition) is 4. The summed E-state index contributed by atoms with van der Waals surface area (Å²) in [6, 6.07) is 3.38. The molecule has 0 saturated carbocycles. The number of carboxylic acids is 1. The summed E-state index contributed by atoms with van der Waals surface area (Å²) in [6.45, 7) is 1.92. The van der Waals surface area contributed by atoms with Gasteiger partial charge in [0, 0.05) is 13.2 Å². The van der Waals surface area contributed by atoms with E-state index in [0.29, 0.717) is 5.56 Å². The van der Waals surface area contributed by atoms with Crippen LogP contribution in [0, 0.1) is 0 Å². The van der Waals surface area contributed by atoms with Crippen LogP contribution in [0.15, 0.2) is 18.2 Å².